The normalized spacial score (nSPS) is 20.6. The molecule has 1 aliphatic rings. The van der Waals surface area contributed by atoms with E-state index in [4.69, 9.17) is 0 Å². The third-order valence-corrected chi connectivity index (χ3v) is 6.43. The summed E-state index contributed by atoms with van der Waals surface area (Å²) in [4.78, 5) is 28.1. The Kier molecular flexibility index (Phi) is 5.36. The summed E-state index contributed by atoms with van der Waals surface area (Å²) >= 11 is 4.71. The van der Waals surface area contributed by atoms with Crippen LogP contribution in [0.4, 0.5) is 0 Å². The van der Waals surface area contributed by atoms with Crippen molar-refractivity contribution in [3.8, 4) is 11.3 Å². The highest BCUT2D eigenvalue weighted by Gasteiger charge is 2.57. The maximum absolute atomic E-state index is 12.2. The number of carboxylic acid groups (broad SMARTS) is 1. The number of benzene rings is 2. The maximum atomic E-state index is 12.2. The molecule has 4 rings (SSSR count). The lowest BCUT2D eigenvalue weighted by molar-refractivity contribution is -0.543. The van der Waals surface area contributed by atoms with Gasteiger partial charge in [0.15, 0.2) is 0 Å². The van der Waals surface area contributed by atoms with Crippen molar-refractivity contribution < 1.29 is 14.8 Å². The van der Waals surface area contributed by atoms with Gasteiger partial charge in [-0.25, -0.2) is 9.78 Å². The molecule has 0 amide bonds. The zero-order valence-corrected chi connectivity index (χ0v) is 17.8. The van der Waals surface area contributed by atoms with Gasteiger partial charge in [-0.05, 0) is 17.7 Å². The Morgan fingerprint density at radius 2 is 1.87 bits per heavy atom. The highest BCUT2D eigenvalue weighted by atomic mass is 79.9. The van der Waals surface area contributed by atoms with Crippen LogP contribution in [0.15, 0.2) is 82.7 Å². The van der Waals surface area contributed by atoms with Crippen LogP contribution in [-0.2, 0) is 4.79 Å². The van der Waals surface area contributed by atoms with E-state index < -0.39 is 22.3 Å². The molecule has 150 valence electrons. The molecule has 3 aromatic rings. The molecule has 1 aliphatic carbocycles. The fraction of sp³-hybridized carbons (Fsp3) is 0.0909. The molecule has 1 N–H and O–H groups in total. The van der Waals surface area contributed by atoms with E-state index in [1.807, 2.05) is 29.6 Å². The molecule has 0 saturated heterocycles. The lowest BCUT2D eigenvalue weighted by Crippen LogP contribution is -2.50. The molecule has 2 unspecified atom stereocenters. The van der Waals surface area contributed by atoms with Crippen LogP contribution in [0.25, 0.3) is 16.8 Å². The minimum atomic E-state index is -2.31. The summed E-state index contributed by atoms with van der Waals surface area (Å²) in [6.45, 7) is 0. The van der Waals surface area contributed by atoms with Crippen LogP contribution in [0.1, 0.15) is 16.5 Å². The molecule has 1 heterocycles. The van der Waals surface area contributed by atoms with Gasteiger partial charge in [-0.1, -0.05) is 70.5 Å². The van der Waals surface area contributed by atoms with Gasteiger partial charge in [0.2, 0.25) is 0 Å². The first kappa shape index (κ1) is 20.2. The smallest absolute Gasteiger partial charge is 0.387 e. The number of carbonyl (C=O) groups is 1. The van der Waals surface area contributed by atoms with Crippen molar-refractivity contribution in [3.05, 3.63) is 103 Å². The van der Waals surface area contributed by atoms with Crippen LogP contribution in [0.5, 0.6) is 0 Å². The predicted octanol–water partition coefficient (Wildman–Crippen LogP) is 5.41. The van der Waals surface area contributed by atoms with Gasteiger partial charge in [0.1, 0.15) is 5.01 Å². The standard InChI is InChI=1S/C22H15BrN2O4S/c23-17-9-6-15(7-10-17)19-13-30-20(24-19)16-8-11-18(14-4-2-1-3-5-14)22(12-16,21(26)27)25(28)29/h1-13,18H,(H,26,27). The molecule has 1 aromatic heterocycles. The number of aliphatic carboxylic acids is 1. The Labute approximate surface area is 184 Å². The lowest BCUT2D eigenvalue weighted by Gasteiger charge is -2.28. The van der Waals surface area contributed by atoms with Gasteiger partial charge >= 0.3 is 11.5 Å². The second-order valence-corrected chi connectivity index (χ2v) is 8.55. The topological polar surface area (TPSA) is 93.3 Å². The number of rotatable bonds is 5. The van der Waals surface area contributed by atoms with E-state index in [1.54, 1.807) is 42.5 Å². The van der Waals surface area contributed by atoms with E-state index in [0.29, 0.717) is 16.1 Å². The minimum Gasteiger partial charge on any atom is -0.476 e. The molecule has 0 bridgehead atoms. The van der Waals surface area contributed by atoms with Crippen molar-refractivity contribution in [2.45, 2.75) is 11.5 Å². The van der Waals surface area contributed by atoms with Crippen LogP contribution in [0, 0.1) is 10.1 Å². The van der Waals surface area contributed by atoms with Crippen molar-refractivity contribution in [2.75, 3.05) is 0 Å². The first-order chi connectivity index (χ1) is 14.4. The summed E-state index contributed by atoms with van der Waals surface area (Å²) in [7, 11) is 0. The van der Waals surface area contributed by atoms with E-state index in [1.165, 1.54) is 17.4 Å². The van der Waals surface area contributed by atoms with Crippen molar-refractivity contribution in [1.82, 2.24) is 4.98 Å². The molecule has 0 saturated carbocycles. The van der Waals surface area contributed by atoms with Crippen LogP contribution in [0.3, 0.4) is 0 Å². The van der Waals surface area contributed by atoms with Crippen molar-refractivity contribution in [2.24, 2.45) is 0 Å². The largest absolute Gasteiger partial charge is 0.476 e. The summed E-state index contributed by atoms with van der Waals surface area (Å²) in [5, 5.41) is 24.4. The molecule has 2 aromatic carbocycles. The number of aromatic nitrogens is 1. The van der Waals surface area contributed by atoms with E-state index in [9.17, 15) is 20.0 Å². The van der Waals surface area contributed by atoms with Crippen LogP contribution < -0.4 is 0 Å². The minimum absolute atomic E-state index is 0.426. The van der Waals surface area contributed by atoms with Crippen LogP contribution in [-0.4, -0.2) is 26.5 Å². The van der Waals surface area contributed by atoms with Crippen molar-refractivity contribution in [3.63, 3.8) is 0 Å². The SMILES string of the molecule is O=C(O)C1([N+](=O)[O-])C=C(c2nc(-c3ccc(Br)cc3)cs2)C=CC1c1ccccc1. The monoisotopic (exact) mass is 482 g/mol. The Hall–Kier alpha value is -3.10. The molecule has 0 spiro atoms. The summed E-state index contributed by atoms with van der Waals surface area (Å²) in [5.74, 6) is -2.44. The molecule has 8 heteroatoms. The first-order valence-electron chi connectivity index (χ1n) is 8.97. The molecule has 0 fully saturated rings. The fourth-order valence-corrected chi connectivity index (χ4v) is 4.57. The Morgan fingerprint density at radius 3 is 2.50 bits per heavy atom. The highest BCUT2D eigenvalue weighted by Crippen LogP contribution is 2.41. The number of hydrogen-bond donors (Lipinski definition) is 1. The van der Waals surface area contributed by atoms with Crippen molar-refractivity contribution in [1.29, 1.82) is 0 Å². The predicted molar refractivity (Wildman–Crippen MR) is 119 cm³/mol. The summed E-state index contributed by atoms with van der Waals surface area (Å²) < 4.78 is 0.948. The fourth-order valence-electron chi connectivity index (χ4n) is 3.48. The van der Waals surface area contributed by atoms with Crippen LogP contribution >= 0.6 is 27.3 Å². The zero-order chi connectivity index (χ0) is 21.3. The molecule has 2 atom stereocenters. The van der Waals surface area contributed by atoms with Gasteiger partial charge in [0.05, 0.1) is 11.6 Å². The third-order valence-electron chi connectivity index (χ3n) is 5.01. The molecule has 0 aliphatic heterocycles. The molecule has 6 nitrogen and oxygen atoms in total. The lowest BCUT2D eigenvalue weighted by atomic mass is 9.75. The summed E-state index contributed by atoms with van der Waals surface area (Å²) in [6, 6.07) is 16.3. The van der Waals surface area contributed by atoms with E-state index in [2.05, 4.69) is 20.9 Å². The van der Waals surface area contributed by atoms with Gasteiger partial charge in [-0.3, -0.25) is 10.1 Å². The second-order valence-electron chi connectivity index (χ2n) is 6.78. The number of nitrogens with zero attached hydrogens (tertiary/aromatic N) is 2. The summed E-state index contributed by atoms with van der Waals surface area (Å²) in [6.07, 6.45) is 4.52. The number of allylic oxidation sites excluding steroid dienone is 2. The molecular formula is C22H15BrN2O4S. The number of hydrogen-bond acceptors (Lipinski definition) is 5. The average Bonchev–Trinajstić information content (AvgIpc) is 3.24. The Bertz CT molecular complexity index is 1160. The van der Waals surface area contributed by atoms with Crippen LogP contribution in [0.2, 0.25) is 0 Å². The molecule has 0 radical (unpaired) electrons. The molecular weight excluding hydrogens is 468 g/mol. The second kappa shape index (κ2) is 7.97. The maximum Gasteiger partial charge on any atom is 0.387 e. The van der Waals surface area contributed by atoms with Gasteiger partial charge in [-0.15, -0.1) is 11.3 Å². The zero-order valence-electron chi connectivity index (χ0n) is 15.4. The van der Waals surface area contributed by atoms with E-state index >= 15 is 0 Å². The van der Waals surface area contributed by atoms with Gasteiger partial charge in [-0.2, -0.15) is 0 Å². The Morgan fingerprint density at radius 1 is 1.17 bits per heavy atom. The van der Waals surface area contributed by atoms with Gasteiger partial charge in [0.25, 0.3) is 0 Å². The number of carboxylic acids is 1. The third kappa shape index (κ3) is 3.48. The molecule has 30 heavy (non-hydrogen) atoms. The van der Waals surface area contributed by atoms with Gasteiger partial charge in [0, 0.05) is 32.0 Å². The number of nitro groups is 1. The van der Waals surface area contributed by atoms with Gasteiger partial charge < -0.3 is 5.11 Å². The Balaban J connectivity index is 1.78. The van der Waals surface area contributed by atoms with E-state index in [-0.39, 0.29) is 0 Å². The van der Waals surface area contributed by atoms with Crippen molar-refractivity contribution >= 4 is 38.8 Å². The quantitative estimate of drug-likeness (QED) is 0.387. The number of halogens is 1. The summed E-state index contributed by atoms with van der Waals surface area (Å²) in [5.41, 5.74) is 0.313. The van der Waals surface area contributed by atoms with E-state index in [0.717, 1.165) is 15.7 Å². The highest BCUT2D eigenvalue weighted by molar-refractivity contribution is 9.10. The average molecular weight is 483 g/mol. The number of thiazole rings is 1. The first-order valence-corrected chi connectivity index (χ1v) is 10.6.